The van der Waals surface area contributed by atoms with Crippen molar-refractivity contribution in [2.24, 2.45) is 0 Å². The molecule has 2 heteroatoms. The quantitative estimate of drug-likeness (QED) is 0.702. The minimum atomic E-state index is 0.678. The Morgan fingerprint density at radius 1 is 1.58 bits per heavy atom. The Labute approximate surface area is 77.7 Å². The molecular formula is C10H12ClN. The van der Waals surface area contributed by atoms with E-state index in [0.717, 1.165) is 11.6 Å². The summed E-state index contributed by atoms with van der Waals surface area (Å²) in [4.78, 5) is 0. The van der Waals surface area contributed by atoms with Crippen molar-refractivity contribution < 1.29 is 0 Å². The SMILES string of the molecule is CCC1CNc2cc(Cl)ccc21. The average molecular weight is 182 g/mol. The molecule has 1 aromatic rings. The maximum absolute atomic E-state index is 5.87. The van der Waals surface area contributed by atoms with Crippen molar-refractivity contribution in [2.75, 3.05) is 11.9 Å². The predicted octanol–water partition coefficient (Wildman–Crippen LogP) is 3.26. The molecule has 0 saturated heterocycles. The van der Waals surface area contributed by atoms with Gasteiger partial charge in [-0.25, -0.2) is 0 Å². The van der Waals surface area contributed by atoms with Crippen LogP contribution in [0.15, 0.2) is 18.2 Å². The van der Waals surface area contributed by atoms with E-state index >= 15 is 0 Å². The van der Waals surface area contributed by atoms with Gasteiger partial charge in [0, 0.05) is 23.2 Å². The van der Waals surface area contributed by atoms with Crippen molar-refractivity contribution >= 4 is 17.3 Å². The molecular weight excluding hydrogens is 170 g/mol. The lowest BCUT2D eigenvalue weighted by atomic mass is 9.99. The molecule has 1 unspecified atom stereocenters. The van der Waals surface area contributed by atoms with Crippen LogP contribution >= 0.6 is 11.6 Å². The second kappa shape index (κ2) is 2.98. The maximum atomic E-state index is 5.87. The second-order valence-electron chi connectivity index (χ2n) is 3.22. The Balaban J connectivity index is 2.40. The highest BCUT2D eigenvalue weighted by Gasteiger charge is 2.19. The van der Waals surface area contributed by atoms with Crippen LogP contribution in [0.25, 0.3) is 0 Å². The van der Waals surface area contributed by atoms with E-state index in [9.17, 15) is 0 Å². The van der Waals surface area contributed by atoms with Crippen LogP contribution in [0.3, 0.4) is 0 Å². The highest BCUT2D eigenvalue weighted by molar-refractivity contribution is 6.30. The van der Waals surface area contributed by atoms with Crippen LogP contribution in [-0.2, 0) is 0 Å². The normalized spacial score (nSPS) is 20.3. The molecule has 0 aromatic heterocycles. The molecule has 12 heavy (non-hydrogen) atoms. The first-order valence-electron chi connectivity index (χ1n) is 4.34. The number of fused-ring (bicyclic) bond motifs is 1. The second-order valence-corrected chi connectivity index (χ2v) is 3.65. The van der Waals surface area contributed by atoms with E-state index in [1.165, 1.54) is 17.7 Å². The molecule has 0 aliphatic carbocycles. The van der Waals surface area contributed by atoms with E-state index in [1.807, 2.05) is 12.1 Å². The maximum Gasteiger partial charge on any atom is 0.0426 e. The van der Waals surface area contributed by atoms with Gasteiger partial charge in [0.2, 0.25) is 0 Å². The van der Waals surface area contributed by atoms with Gasteiger partial charge in [0.25, 0.3) is 0 Å². The van der Waals surface area contributed by atoms with Gasteiger partial charge in [-0.05, 0) is 24.1 Å². The molecule has 0 amide bonds. The first-order valence-corrected chi connectivity index (χ1v) is 4.72. The van der Waals surface area contributed by atoms with E-state index in [1.54, 1.807) is 0 Å². The van der Waals surface area contributed by atoms with Crippen LogP contribution in [0.5, 0.6) is 0 Å². The van der Waals surface area contributed by atoms with Gasteiger partial charge >= 0.3 is 0 Å². The molecule has 2 rings (SSSR count). The lowest BCUT2D eigenvalue weighted by molar-refractivity contribution is 0.727. The van der Waals surface area contributed by atoms with Gasteiger partial charge < -0.3 is 5.32 Å². The van der Waals surface area contributed by atoms with E-state index in [-0.39, 0.29) is 0 Å². The molecule has 1 aromatic carbocycles. The fourth-order valence-corrected chi connectivity index (χ4v) is 1.92. The zero-order valence-corrected chi connectivity index (χ0v) is 7.86. The molecule has 0 radical (unpaired) electrons. The van der Waals surface area contributed by atoms with Crippen LogP contribution in [-0.4, -0.2) is 6.54 Å². The molecule has 0 saturated carbocycles. The lowest BCUT2D eigenvalue weighted by Gasteiger charge is -2.04. The van der Waals surface area contributed by atoms with Gasteiger partial charge in [0.05, 0.1) is 0 Å². The fourth-order valence-electron chi connectivity index (χ4n) is 1.74. The third kappa shape index (κ3) is 1.18. The summed E-state index contributed by atoms with van der Waals surface area (Å²) in [6.07, 6.45) is 1.20. The Morgan fingerprint density at radius 3 is 3.17 bits per heavy atom. The standard InChI is InChI=1S/C10H12ClN/c1-2-7-6-12-10-5-8(11)3-4-9(7)10/h3-5,7,12H,2,6H2,1H3. The lowest BCUT2D eigenvalue weighted by Crippen LogP contribution is -1.99. The first kappa shape index (κ1) is 7.93. The summed E-state index contributed by atoms with van der Waals surface area (Å²) in [5.74, 6) is 0.678. The third-order valence-electron chi connectivity index (χ3n) is 2.49. The molecule has 1 N–H and O–H groups in total. The number of anilines is 1. The molecule has 1 aliphatic heterocycles. The summed E-state index contributed by atoms with van der Waals surface area (Å²) in [7, 11) is 0. The zero-order chi connectivity index (χ0) is 8.55. The zero-order valence-electron chi connectivity index (χ0n) is 7.10. The third-order valence-corrected chi connectivity index (χ3v) is 2.72. The number of nitrogens with one attached hydrogen (secondary N) is 1. The van der Waals surface area contributed by atoms with Crippen molar-refractivity contribution in [3.8, 4) is 0 Å². The van der Waals surface area contributed by atoms with Crippen LogP contribution in [0.4, 0.5) is 5.69 Å². The number of hydrogen-bond donors (Lipinski definition) is 1. The molecule has 64 valence electrons. The summed E-state index contributed by atoms with van der Waals surface area (Å²) in [6, 6.07) is 6.11. The molecule has 0 bridgehead atoms. The molecule has 1 aliphatic rings. The van der Waals surface area contributed by atoms with Gasteiger partial charge in [-0.1, -0.05) is 24.6 Å². The van der Waals surface area contributed by atoms with Gasteiger partial charge in [-0.2, -0.15) is 0 Å². The van der Waals surface area contributed by atoms with E-state index in [4.69, 9.17) is 11.6 Å². The number of halogens is 1. The van der Waals surface area contributed by atoms with Gasteiger partial charge in [0.15, 0.2) is 0 Å². The minimum absolute atomic E-state index is 0.678. The minimum Gasteiger partial charge on any atom is -0.384 e. The number of rotatable bonds is 1. The highest BCUT2D eigenvalue weighted by atomic mass is 35.5. The molecule has 0 fully saturated rings. The molecule has 1 atom stereocenters. The molecule has 1 heterocycles. The Kier molecular flexibility index (Phi) is 1.97. The molecule has 1 nitrogen and oxygen atoms in total. The predicted molar refractivity (Wildman–Crippen MR) is 53.0 cm³/mol. The van der Waals surface area contributed by atoms with Gasteiger partial charge in [-0.3, -0.25) is 0 Å². The topological polar surface area (TPSA) is 12.0 Å². The van der Waals surface area contributed by atoms with Gasteiger partial charge in [-0.15, -0.1) is 0 Å². The Morgan fingerprint density at radius 2 is 2.42 bits per heavy atom. The van der Waals surface area contributed by atoms with Crippen LogP contribution < -0.4 is 5.32 Å². The van der Waals surface area contributed by atoms with Gasteiger partial charge in [0.1, 0.15) is 0 Å². The summed E-state index contributed by atoms with van der Waals surface area (Å²) >= 11 is 5.87. The number of benzene rings is 1. The van der Waals surface area contributed by atoms with E-state index in [2.05, 4.69) is 18.3 Å². The van der Waals surface area contributed by atoms with Crippen LogP contribution in [0.1, 0.15) is 24.8 Å². The van der Waals surface area contributed by atoms with Crippen molar-refractivity contribution in [2.45, 2.75) is 19.3 Å². The molecule has 0 spiro atoms. The van der Waals surface area contributed by atoms with Crippen LogP contribution in [0.2, 0.25) is 5.02 Å². The van der Waals surface area contributed by atoms with Crippen molar-refractivity contribution in [3.63, 3.8) is 0 Å². The summed E-state index contributed by atoms with van der Waals surface area (Å²) in [5, 5.41) is 4.18. The largest absolute Gasteiger partial charge is 0.384 e. The van der Waals surface area contributed by atoms with E-state index in [0.29, 0.717) is 5.92 Å². The average Bonchev–Trinajstić information content (AvgIpc) is 2.46. The van der Waals surface area contributed by atoms with Crippen molar-refractivity contribution in [1.82, 2.24) is 0 Å². The van der Waals surface area contributed by atoms with E-state index < -0.39 is 0 Å². The Hall–Kier alpha value is -0.690. The summed E-state index contributed by atoms with van der Waals surface area (Å²) in [6.45, 7) is 3.28. The smallest absolute Gasteiger partial charge is 0.0426 e. The summed E-state index contributed by atoms with van der Waals surface area (Å²) < 4.78 is 0. The fraction of sp³-hybridized carbons (Fsp3) is 0.400. The van der Waals surface area contributed by atoms with Crippen LogP contribution in [0, 0.1) is 0 Å². The monoisotopic (exact) mass is 181 g/mol. The van der Waals surface area contributed by atoms with Crippen molar-refractivity contribution in [3.05, 3.63) is 28.8 Å². The summed E-state index contributed by atoms with van der Waals surface area (Å²) in [5.41, 5.74) is 2.64. The first-order chi connectivity index (χ1) is 5.81. The van der Waals surface area contributed by atoms with Crippen molar-refractivity contribution in [1.29, 1.82) is 0 Å². The number of hydrogen-bond acceptors (Lipinski definition) is 1. The Bertz CT molecular complexity index is 296. The highest BCUT2D eigenvalue weighted by Crippen LogP contribution is 2.34.